The standard InChI is InChI=1S/C21H21F3N4O3S/c1-31-18-13(12-6-9-10(7-25)21(23,24)5-4-11(9)32-12)15(22)16(26)14-17(18)28(8-2-3-8)20(30)27-19(14)29/h6,8,10H,2-5,7,25-26H2,1H3,(H,27,29,30). The van der Waals surface area contributed by atoms with Crippen molar-refractivity contribution in [3.8, 4) is 16.2 Å². The molecule has 2 heterocycles. The average Bonchev–Trinajstić information content (AvgIpc) is 3.48. The molecule has 2 aliphatic rings. The van der Waals surface area contributed by atoms with Crippen LogP contribution in [0.5, 0.6) is 5.75 Å². The van der Waals surface area contributed by atoms with Gasteiger partial charge in [-0.05, 0) is 30.9 Å². The maximum absolute atomic E-state index is 15.6. The fourth-order valence-electron chi connectivity index (χ4n) is 4.62. The quantitative estimate of drug-likeness (QED) is 0.511. The number of aromatic nitrogens is 2. The van der Waals surface area contributed by atoms with E-state index in [2.05, 4.69) is 4.98 Å². The first-order valence-corrected chi connectivity index (χ1v) is 11.1. The Hall–Kier alpha value is -2.79. The Morgan fingerprint density at radius 1 is 1.34 bits per heavy atom. The molecule has 7 nitrogen and oxygen atoms in total. The highest BCUT2D eigenvalue weighted by Gasteiger charge is 2.45. The van der Waals surface area contributed by atoms with Gasteiger partial charge in [0.15, 0.2) is 11.6 Å². The van der Waals surface area contributed by atoms with Crippen LogP contribution in [0.15, 0.2) is 15.7 Å². The summed E-state index contributed by atoms with van der Waals surface area (Å²) in [4.78, 5) is 28.4. The lowest BCUT2D eigenvalue weighted by atomic mass is 9.84. The van der Waals surface area contributed by atoms with E-state index in [4.69, 9.17) is 16.2 Å². The average molecular weight is 466 g/mol. The number of alkyl halides is 2. The lowest BCUT2D eigenvalue weighted by Crippen LogP contribution is -2.35. The fraction of sp³-hybridized carbons (Fsp3) is 0.429. The van der Waals surface area contributed by atoms with Crippen LogP contribution in [-0.4, -0.2) is 29.1 Å². The Morgan fingerprint density at radius 3 is 2.69 bits per heavy atom. The third kappa shape index (κ3) is 2.91. The minimum Gasteiger partial charge on any atom is -0.494 e. The number of nitrogens with zero attached hydrogens (tertiary/aromatic N) is 1. The van der Waals surface area contributed by atoms with Crippen LogP contribution in [0.1, 0.15) is 41.7 Å². The second-order valence-electron chi connectivity index (χ2n) is 8.26. The number of nitrogen functional groups attached to an aromatic ring is 1. The number of anilines is 1. The molecule has 32 heavy (non-hydrogen) atoms. The summed E-state index contributed by atoms with van der Waals surface area (Å²) >= 11 is 1.17. The zero-order chi connectivity index (χ0) is 22.9. The van der Waals surface area contributed by atoms with Gasteiger partial charge in [-0.1, -0.05) is 0 Å². The lowest BCUT2D eigenvalue weighted by Gasteiger charge is -2.30. The van der Waals surface area contributed by atoms with Crippen molar-refractivity contribution >= 4 is 27.9 Å². The van der Waals surface area contributed by atoms with Gasteiger partial charge in [0, 0.05) is 28.8 Å². The van der Waals surface area contributed by atoms with Gasteiger partial charge in [0.2, 0.25) is 0 Å². The van der Waals surface area contributed by atoms with E-state index in [0.717, 1.165) is 12.8 Å². The predicted octanol–water partition coefficient (Wildman–Crippen LogP) is 3.11. The third-order valence-electron chi connectivity index (χ3n) is 6.32. The summed E-state index contributed by atoms with van der Waals surface area (Å²) < 4.78 is 51.3. The summed E-state index contributed by atoms with van der Waals surface area (Å²) in [5.41, 5.74) is 10.3. The number of H-pyrrole nitrogens is 1. The molecule has 3 aromatic rings. The van der Waals surface area contributed by atoms with Gasteiger partial charge in [-0.3, -0.25) is 14.3 Å². The van der Waals surface area contributed by atoms with Crippen molar-refractivity contribution in [1.29, 1.82) is 0 Å². The van der Waals surface area contributed by atoms with E-state index in [1.54, 1.807) is 0 Å². The molecule has 5 N–H and O–H groups in total. The molecule has 0 saturated heterocycles. The Bertz CT molecular complexity index is 1370. The molecule has 170 valence electrons. The highest BCUT2D eigenvalue weighted by Crippen LogP contribution is 2.51. The Morgan fingerprint density at radius 2 is 2.06 bits per heavy atom. The Labute approximate surface area is 183 Å². The van der Waals surface area contributed by atoms with E-state index in [9.17, 15) is 18.4 Å². The molecule has 1 atom stereocenters. The smallest absolute Gasteiger partial charge is 0.329 e. The second kappa shape index (κ2) is 7.11. The minimum absolute atomic E-state index is 0.0172. The largest absolute Gasteiger partial charge is 0.494 e. The summed E-state index contributed by atoms with van der Waals surface area (Å²) in [7, 11) is 1.31. The van der Waals surface area contributed by atoms with Gasteiger partial charge >= 0.3 is 5.69 Å². The van der Waals surface area contributed by atoms with Crippen molar-refractivity contribution < 1.29 is 17.9 Å². The first-order valence-electron chi connectivity index (χ1n) is 10.2. The van der Waals surface area contributed by atoms with E-state index in [1.165, 1.54) is 29.1 Å². The first-order chi connectivity index (χ1) is 15.2. The van der Waals surface area contributed by atoms with E-state index in [1.807, 2.05) is 0 Å². The number of hydrogen-bond donors (Lipinski definition) is 3. The van der Waals surface area contributed by atoms with Crippen molar-refractivity contribution in [2.45, 2.75) is 43.6 Å². The summed E-state index contributed by atoms with van der Waals surface area (Å²) in [6, 6.07) is 1.34. The van der Waals surface area contributed by atoms with Crippen molar-refractivity contribution in [2.24, 2.45) is 5.73 Å². The van der Waals surface area contributed by atoms with Gasteiger partial charge < -0.3 is 16.2 Å². The number of aryl methyl sites for hydroxylation is 1. The van der Waals surface area contributed by atoms with Gasteiger partial charge in [0.1, 0.15) is 5.52 Å². The van der Waals surface area contributed by atoms with E-state index in [0.29, 0.717) is 15.3 Å². The molecule has 1 unspecified atom stereocenters. The van der Waals surface area contributed by atoms with Gasteiger partial charge in [0.05, 0.1) is 29.7 Å². The minimum atomic E-state index is -2.95. The topological polar surface area (TPSA) is 116 Å². The zero-order valence-corrected chi connectivity index (χ0v) is 18.0. The summed E-state index contributed by atoms with van der Waals surface area (Å²) in [5.74, 6) is -5.03. The third-order valence-corrected chi connectivity index (χ3v) is 7.55. The van der Waals surface area contributed by atoms with Crippen molar-refractivity contribution in [3.63, 3.8) is 0 Å². The van der Waals surface area contributed by atoms with Crippen LogP contribution >= 0.6 is 11.3 Å². The van der Waals surface area contributed by atoms with E-state index < -0.39 is 34.6 Å². The monoisotopic (exact) mass is 466 g/mol. The van der Waals surface area contributed by atoms with E-state index in [-0.39, 0.29) is 47.6 Å². The van der Waals surface area contributed by atoms with Crippen LogP contribution in [0.2, 0.25) is 0 Å². The molecule has 11 heteroatoms. The van der Waals surface area contributed by atoms with Gasteiger partial charge in [-0.15, -0.1) is 11.3 Å². The number of halogens is 3. The maximum atomic E-state index is 15.6. The summed E-state index contributed by atoms with van der Waals surface area (Å²) in [5, 5.41) is -0.165. The van der Waals surface area contributed by atoms with Crippen LogP contribution in [0.4, 0.5) is 18.9 Å². The van der Waals surface area contributed by atoms with Crippen LogP contribution in [-0.2, 0) is 6.42 Å². The molecule has 0 spiro atoms. The van der Waals surface area contributed by atoms with Gasteiger partial charge in [0.25, 0.3) is 11.5 Å². The molecule has 5 rings (SSSR count). The number of aromatic amines is 1. The Balaban J connectivity index is 1.85. The molecule has 0 radical (unpaired) electrons. The highest BCUT2D eigenvalue weighted by atomic mass is 32.1. The molecule has 2 aliphatic carbocycles. The zero-order valence-electron chi connectivity index (χ0n) is 17.1. The molecule has 2 aromatic heterocycles. The fourth-order valence-corrected chi connectivity index (χ4v) is 5.88. The van der Waals surface area contributed by atoms with Crippen LogP contribution in [0.25, 0.3) is 21.3 Å². The van der Waals surface area contributed by atoms with Gasteiger partial charge in [-0.25, -0.2) is 18.0 Å². The van der Waals surface area contributed by atoms with Crippen LogP contribution in [0.3, 0.4) is 0 Å². The van der Waals surface area contributed by atoms with Crippen molar-refractivity contribution in [2.75, 3.05) is 19.4 Å². The molecule has 1 fully saturated rings. The number of ether oxygens (including phenoxy) is 1. The predicted molar refractivity (Wildman–Crippen MR) is 116 cm³/mol. The molecular weight excluding hydrogens is 445 g/mol. The SMILES string of the molecule is COc1c(-c2cc3c(s2)CCC(F)(F)C3CN)c(F)c(N)c2c(=O)[nH]c(=O)n(C3CC3)c12. The van der Waals surface area contributed by atoms with Gasteiger partial charge in [-0.2, -0.15) is 0 Å². The number of thiophene rings is 1. The van der Waals surface area contributed by atoms with E-state index >= 15 is 4.39 Å². The van der Waals surface area contributed by atoms with Crippen molar-refractivity contribution in [1.82, 2.24) is 9.55 Å². The molecule has 1 aromatic carbocycles. The second-order valence-corrected chi connectivity index (χ2v) is 9.40. The number of benzene rings is 1. The summed E-state index contributed by atoms with van der Waals surface area (Å²) in [6.45, 7) is -0.244. The Kier molecular flexibility index (Phi) is 4.68. The van der Waals surface area contributed by atoms with Crippen molar-refractivity contribution in [3.05, 3.63) is 43.2 Å². The number of hydrogen-bond acceptors (Lipinski definition) is 6. The number of fused-ring (bicyclic) bond motifs is 2. The summed E-state index contributed by atoms with van der Waals surface area (Å²) in [6.07, 6.45) is 1.25. The lowest BCUT2D eigenvalue weighted by molar-refractivity contribution is -0.0381. The van der Waals surface area contributed by atoms with Crippen LogP contribution < -0.4 is 27.5 Å². The number of methoxy groups -OCH3 is 1. The maximum Gasteiger partial charge on any atom is 0.329 e. The number of rotatable bonds is 4. The number of nitrogens with two attached hydrogens (primary N) is 2. The number of nitrogens with one attached hydrogen (secondary N) is 1. The highest BCUT2D eigenvalue weighted by molar-refractivity contribution is 7.15. The molecule has 0 aliphatic heterocycles. The first kappa shape index (κ1) is 21.1. The van der Waals surface area contributed by atoms with Crippen LogP contribution in [0, 0.1) is 5.82 Å². The molecule has 0 bridgehead atoms. The molecule has 1 saturated carbocycles. The molecule has 0 amide bonds. The normalized spacial score (nSPS) is 19.8. The molecular formula is C21H21F3N4O3S.